The number of nitrogens with zero attached hydrogens (tertiary/aromatic N) is 1. The fraction of sp³-hybridized carbons (Fsp3) is 1.00. The number of halogens is 1. The lowest BCUT2D eigenvalue weighted by Gasteiger charge is -2.36. The maximum absolute atomic E-state index is 13.0. The van der Waals surface area contributed by atoms with E-state index in [1.54, 1.807) is 0 Å². The quantitative estimate of drug-likeness (QED) is 0.557. The minimum atomic E-state index is -0.625. The van der Waals surface area contributed by atoms with Gasteiger partial charge in [0.05, 0.1) is 6.04 Å². The molecule has 0 amide bonds. The van der Waals surface area contributed by atoms with Crippen LogP contribution in [-0.4, -0.2) is 43.3 Å². The van der Waals surface area contributed by atoms with Crippen LogP contribution in [0.2, 0.25) is 0 Å². The Labute approximate surface area is 60.4 Å². The van der Waals surface area contributed by atoms with Gasteiger partial charge in [-0.2, -0.15) is 0 Å². The molecule has 0 aromatic rings. The van der Waals surface area contributed by atoms with Crippen molar-refractivity contribution in [3.63, 3.8) is 0 Å². The highest BCUT2D eigenvalue weighted by Crippen LogP contribution is 2.18. The Morgan fingerprint density at radius 2 is 2.10 bits per heavy atom. The molecule has 2 aliphatic rings. The van der Waals surface area contributed by atoms with Crippen molar-refractivity contribution in [2.75, 3.05) is 26.2 Å². The molecular formula is C7H13FN2. The Balaban J connectivity index is 1.90. The summed E-state index contributed by atoms with van der Waals surface area (Å²) in [6, 6.07) is 0.189. The van der Waals surface area contributed by atoms with E-state index in [4.69, 9.17) is 0 Å². The minimum Gasteiger partial charge on any atom is -0.312 e. The molecule has 2 saturated heterocycles. The van der Waals surface area contributed by atoms with E-state index in [0.29, 0.717) is 6.54 Å². The first-order valence-corrected chi connectivity index (χ1v) is 3.97. The van der Waals surface area contributed by atoms with Crippen LogP contribution in [-0.2, 0) is 0 Å². The van der Waals surface area contributed by atoms with E-state index >= 15 is 0 Å². The second kappa shape index (κ2) is 2.47. The van der Waals surface area contributed by atoms with Crippen LogP contribution in [0.15, 0.2) is 0 Å². The summed E-state index contributed by atoms with van der Waals surface area (Å²) in [6.07, 6.45) is 0.628. The number of likely N-dealkylation sites (tertiary alicyclic amines) is 1. The second-order valence-electron chi connectivity index (χ2n) is 3.13. The van der Waals surface area contributed by atoms with Gasteiger partial charge in [0.15, 0.2) is 0 Å². The molecule has 0 aromatic carbocycles. The normalized spacial score (nSPS) is 41.7. The average Bonchev–Trinajstić information content (AvgIpc) is 2.12. The zero-order chi connectivity index (χ0) is 6.97. The maximum atomic E-state index is 13.0. The van der Waals surface area contributed by atoms with Crippen molar-refractivity contribution in [2.24, 2.45) is 0 Å². The smallest absolute Gasteiger partial charge is 0.129 e. The molecule has 0 saturated carbocycles. The molecule has 2 heterocycles. The molecule has 2 nitrogen and oxygen atoms in total. The molecule has 2 aliphatic heterocycles. The number of hydrogen-bond donors (Lipinski definition) is 1. The van der Waals surface area contributed by atoms with Crippen LogP contribution < -0.4 is 5.32 Å². The fourth-order valence-corrected chi connectivity index (χ4v) is 1.66. The van der Waals surface area contributed by atoms with Crippen molar-refractivity contribution in [1.82, 2.24) is 10.2 Å². The third-order valence-corrected chi connectivity index (χ3v) is 2.47. The van der Waals surface area contributed by atoms with E-state index < -0.39 is 6.17 Å². The van der Waals surface area contributed by atoms with Gasteiger partial charge in [-0.05, 0) is 19.5 Å². The van der Waals surface area contributed by atoms with E-state index in [-0.39, 0.29) is 6.04 Å². The summed E-state index contributed by atoms with van der Waals surface area (Å²) in [5.41, 5.74) is 0. The van der Waals surface area contributed by atoms with Crippen LogP contribution in [0.25, 0.3) is 0 Å². The Hall–Kier alpha value is -0.150. The van der Waals surface area contributed by atoms with Gasteiger partial charge in [-0.3, -0.25) is 4.90 Å². The van der Waals surface area contributed by atoms with Gasteiger partial charge in [-0.25, -0.2) is 4.39 Å². The SMILES string of the molecule is FC1CNCC1N1CCC1. The van der Waals surface area contributed by atoms with Crippen LogP contribution in [0.5, 0.6) is 0 Å². The Kier molecular flexibility index (Phi) is 1.62. The molecule has 0 bridgehead atoms. The largest absolute Gasteiger partial charge is 0.312 e. The number of alkyl halides is 1. The first kappa shape index (κ1) is 6.55. The molecule has 2 rings (SSSR count). The number of hydrogen-bond acceptors (Lipinski definition) is 2. The van der Waals surface area contributed by atoms with Crippen molar-refractivity contribution in [2.45, 2.75) is 18.6 Å². The van der Waals surface area contributed by atoms with Gasteiger partial charge in [-0.1, -0.05) is 0 Å². The highest BCUT2D eigenvalue weighted by Gasteiger charge is 2.34. The van der Waals surface area contributed by atoms with Crippen molar-refractivity contribution >= 4 is 0 Å². The van der Waals surface area contributed by atoms with Crippen molar-refractivity contribution in [1.29, 1.82) is 0 Å². The molecule has 10 heavy (non-hydrogen) atoms. The summed E-state index contributed by atoms with van der Waals surface area (Å²) >= 11 is 0. The summed E-state index contributed by atoms with van der Waals surface area (Å²) in [6.45, 7) is 3.61. The Bertz CT molecular complexity index is 125. The fourth-order valence-electron chi connectivity index (χ4n) is 1.66. The second-order valence-corrected chi connectivity index (χ2v) is 3.13. The van der Waals surface area contributed by atoms with E-state index in [1.807, 2.05) is 0 Å². The zero-order valence-electron chi connectivity index (χ0n) is 6.02. The lowest BCUT2D eigenvalue weighted by Crippen LogP contribution is -2.49. The molecule has 0 aromatic heterocycles. The summed E-state index contributed by atoms with van der Waals surface area (Å²) in [5, 5.41) is 3.05. The van der Waals surface area contributed by atoms with E-state index in [0.717, 1.165) is 19.6 Å². The maximum Gasteiger partial charge on any atom is 0.129 e. The molecule has 0 radical (unpaired) electrons. The Morgan fingerprint density at radius 1 is 1.30 bits per heavy atom. The van der Waals surface area contributed by atoms with Crippen LogP contribution in [0, 0.1) is 0 Å². The van der Waals surface area contributed by atoms with E-state index in [9.17, 15) is 4.39 Å². The first-order chi connectivity index (χ1) is 4.88. The summed E-state index contributed by atoms with van der Waals surface area (Å²) in [5.74, 6) is 0. The minimum absolute atomic E-state index is 0.189. The number of nitrogens with one attached hydrogen (secondary N) is 1. The third kappa shape index (κ3) is 0.935. The molecule has 1 N–H and O–H groups in total. The van der Waals surface area contributed by atoms with Gasteiger partial charge in [0, 0.05) is 13.1 Å². The first-order valence-electron chi connectivity index (χ1n) is 3.97. The molecule has 3 heteroatoms. The summed E-state index contributed by atoms with van der Waals surface area (Å²) in [7, 11) is 0. The van der Waals surface area contributed by atoms with Crippen LogP contribution in [0.4, 0.5) is 4.39 Å². The van der Waals surface area contributed by atoms with Crippen LogP contribution in [0.3, 0.4) is 0 Å². The standard InChI is InChI=1S/C7H13FN2/c8-6-4-9-5-7(6)10-2-1-3-10/h6-7,9H,1-5H2. The van der Waals surface area contributed by atoms with Gasteiger partial charge in [0.1, 0.15) is 6.17 Å². The average molecular weight is 144 g/mol. The van der Waals surface area contributed by atoms with Gasteiger partial charge < -0.3 is 5.32 Å². The molecule has 0 aliphatic carbocycles. The lowest BCUT2D eigenvalue weighted by atomic mass is 10.1. The summed E-state index contributed by atoms with van der Waals surface area (Å²) < 4.78 is 13.0. The van der Waals surface area contributed by atoms with E-state index in [1.165, 1.54) is 6.42 Å². The van der Waals surface area contributed by atoms with Gasteiger partial charge >= 0.3 is 0 Å². The molecule has 2 atom stereocenters. The summed E-state index contributed by atoms with van der Waals surface area (Å²) in [4.78, 5) is 2.23. The van der Waals surface area contributed by atoms with Crippen LogP contribution >= 0.6 is 0 Å². The highest BCUT2D eigenvalue weighted by molar-refractivity contribution is 4.91. The van der Waals surface area contributed by atoms with Gasteiger partial charge in [-0.15, -0.1) is 0 Å². The van der Waals surface area contributed by atoms with Gasteiger partial charge in [0.2, 0.25) is 0 Å². The van der Waals surface area contributed by atoms with Crippen molar-refractivity contribution in [3.05, 3.63) is 0 Å². The van der Waals surface area contributed by atoms with Gasteiger partial charge in [0.25, 0.3) is 0 Å². The molecule has 0 spiro atoms. The van der Waals surface area contributed by atoms with Crippen molar-refractivity contribution in [3.8, 4) is 0 Å². The predicted octanol–water partition coefficient (Wildman–Crippen LogP) is 0.00200. The topological polar surface area (TPSA) is 15.3 Å². The number of rotatable bonds is 1. The third-order valence-electron chi connectivity index (χ3n) is 2.47. The lowest BCUT2D eigenvalue weighted by molar-refractivity contribution is 0.0853. The van der Waals surface area contributed by atoms with Crippen molar-refractivity contribution < 1.29 is 4.39 Å². The molecular weight excluding hydrogens is 131 g/mol. The highest BCUT2D eigenvalue weighted by atomic mass is 19.1. The monoisotopic (exact) mass is 144 g/mol. The van der Waals surface area contributed by atoms with Crippen LogP contribution in [0.1, 0.15) is 6.42 Å². The molecule has 58 valence electrons. The predicted molar refractivity (Wildman–Crippen MR) is 37.7 cm³/mol. The zero-order valence-corrected chi connectivity index (χ0v) is 6.02. The van der Waals surface area contributed by atoms with E-state index in [2.05, 4.69) is 10.2 Å². The Morgan fingerprint density at radius 3 is 2.50 bits per heavy atom. The molecule has 2 fully saturated rings. The molecule has 2 unspecified atom stereocenters.